The smallest absolute Gasteiger partial charge is 0.326 e. The third-order valence-electron chi connectivity index (χ3n) is 11.3. The highest BCUT2D eigenvalue weighted by Crippen LogP contribution is 2.45. The van der Waals surface area contributed by atoms with Crippen molar-refractivity contribution in [2.75, 3.05) is 31.1 Å². The maximum atomic E-state index is 13.0. The Balaban J connectivity index is 1.76. The van der Waals surface area contributed by atoms with E-state index in [1.165, 1.54) is 12.1 Å². The third-order valence-corrected chi connectivity index (χ3v) is 13.2. The summed E-state index contributed by atoms with van der Waals surface area (Å²) >= 11 is 4.39. The number of fused-ring (bicyclic) bond motifs is 3. The van der Waals surface area contributed by atoms with Crippen molar-refractivity contribution < 1.29 is 50.0 Å². The number of benzene rings is 1. The predicted octanol–water partition coefficient (Wildman–Crippen LogP) is 5.18. The number of carboxylic acid groups (broad SMARTS) is 1. The molecule has 15 nitrogen and oxygen atoms in total. The fraction of sp³-hybridized carbons (Fsp3) is 0.575. The average molecular weight is 865 g/mol. The highest BCUT2D eigenvalue weighted by atomic mass is 32.2. The number of hydrogen-bond acceptors (Lipinski definition) is 10. The molecule has 0 aliphatic carbocycles. The lowest BCUT2D eigenvalue weighted by Gasteiger charge is -2.29. The molecule has 0 saturated heterocycles. The lowest BCUT2D eigenvalue weighted by molar-refractivity contribution is -0.438. The Hall–Kier alpha value is -3.84. The molecule has 0 spiro atoms. The van der Waals surface area contributed by atoms with Crippen LogP contribution in [-0.4, -0.2) is 107 Å². The molecule has 18 heteroatoms. The Morgan fingerprint density at radius 3 is 2.45 bits per heavy atom. The van der Waals surface area contributed by atoms with Crippen LogP contribution in [-0.2, 0) is 40.0 Å². The average Bonchev–Trinajstić information content (AvgIpc) is 3.52. The van der Waals surface area contributed by atoms with Crippen LogP contribution in [0.15, 0.2) is 64.3 Å². The Morgan fingerprint density at radius 2 is 1.76 bits per heavy atom. The Morgan fingerprint density at radius 1 is 1.00 bits per heavy atom. The summed E-state index contributed by atoms with van der Waals surface area (Å²) in [4.78, 5) is 37.4. The summed E-state index contributed by atoms with van der Waals surface area (Å²) in [5, 5.41) is 22.1. The molecule has 2 amide bonds. The molecule has 4 rings (SSSR count). The van der Waals surface area contributed by atoms with E-state index in [1.54, 1.807) is 6.07 Å². The first-order valence-electron chi connectivity index (χ1n) is 19.8. The van der Waals surface area contributed by atoms with Gasteiger partial charge in [-0.15, -0.1) is 0 Å². The molecule has 0 bridgehead atoms. The van der Waals surface area contributed by atoms with E-state index in [2.05, 4.69) is 30.2 Å². The van der Waals surface area contributed by atoms with Gasteiger partial charge in [-0.1, -0.05) is 18.2 Å². The second kappa shape index (κ2) is 20.4. The van der Waals surface area contributed by atoms with Crippen molar-refractivity contribution in [3.05, 3.63) is 59.8 Å². The minimum absolute atomic E-state index is 0.0581. The number of carboxylic acids is 1. The number of rotatable bonds is 9. The summed E-state index contributed by atoms with van der Waals surface area (Å²) in [6.45, 7) is 7.34. The summed E-state index contributed by atoms with van der Waals surface area (Å²) < 4.78 is 69.6. The molecule has 1 aromatic carbocycles. The van der Waals surface area contributed by atoms with Crippen LogP contribution in [0.25, 0.3) is 0 Å². The number of allylic oxidation sites excluding steroid dienone is 6. The lowest BCUT2D eigenvalue weighted by Crippen LogP contribution is -2.40. The topological polar surface area (TPSA) is 223 Å². The molecule has 58 heavy (non-hydrogen) atoms. The van der Waals surface area contributed by atoms with Gasteiger partial charge in [-0.2, -0.15) is 39.1 Å². The van der Waals surface area contributed by atoms with Crippen LogP contribution in [0.5, 0.6) is 0 Å². The molecule has 3 atom stereocenters. The summed E-state index contributed by atoms with van der Waals surface area (Å²) in [5.74, 6) is -1.46. The van der Waals surface area contributed by atoms with Gasteiger partial charge in [0.15, 0.2) is 5.71 Å². The van der Waals surface area contributed by atoms with Crippen LogP contribution in [0.4, 0.5) is 5.69 Å². The summed E-state index contributed by atoms with van der Waals surface area (Å²) in [7, 11) is -8.87. The van der Waals surface area contributed by atoms with Crippen LogP contribution < -0.4 is 10.6 Å². The number of thiol groups is 1. The monoisotopic (exact) mass is 864 g/mol. The fourth-order valence-corrected chi connectivity index (χ4v) is 9.01. The summed E-state index contributed by atoms with van der Waals surface area (Å²) in [5.41, 5.74) is 2.27. The zero-order valence-corrected chi connectivity index (χ0v) is 36.0. The second-order valence-corrected chi connectivity index (χ2v) is 19.0. The molecule has 3 unspecified atom stereocenters. The van der Waals surface area contributed by atoms with Gasteiger partial charge in [-0.25, -0.2) is 4.79 Å². The minimum Gasteiger partial charge on any atom is -0.480 e. The van der Waals surface area contributed by atoms with E-state index in [1.807, 2.05) is 53.8 Å². The van der Waals surface area contributed by atoms with Crippen molar-refractivity contribution in [3.8, 4) is 0 Å². The minimum atomic E-state index is -4.58. The van der Waals surface area contributed by atoms with Gasteiger partial charge in [0.1, 0.15) is 12.6 Å². The maximum absolute atomic E-state index is 13.0. The zero-order chi connectivity index (χ0) is 42.7. The number of carbonyl (C=O) groups excluding carboxylic acids is 2. The van der Waals surface area contributed by atoms with E-state index < -0.39 is 48.8 Å². The molecular weight excluding hydrogens is 807 g/mol. The Kier molecular flexibility index (Phi) is 16.5. The fourth-order valence-electron chi connectivity index (χ4n) is 7.86. The first kappa shape index (κ1) is 46.8. The van der Waals surface area contributed by atoms with Gasteiger partial charge < -0.3 is 15.7 Å². The number of amides is 2. The van der Waals surface area contributed by atoms with Crippen LogP contribution in [0.2, 0.25) is 0 Å². The van der Waals surface area contributed by atoms with Crippen molar-refractivity contribution in [2.45, 2.75) is 114 Å². The van der Waals surface area contributed by atoms with Crippen molar-refractivity contribution in [2.24, 2.45) is 10.5 Å². The molecule has 0 aromatic heterocycles. The van der Waals surface area contributed by atoms with Gasteiger partial charge in [0.05, 0.1) is 16.1 Å². The molecular formula is C40H58N5O10S3+. The van der Waals surface area contributed by atoms with E-state index in [4.69, 9.17) is 5.10 Å². The van der Waals surface area contributed by atoms with Gasteiger partial charge in [-0.3, -0.25) is 23.7 Å². The molecule has 0 fully saturated rings. The number of aliphatic carboxylic acids is 1. The molecule has 3 heterocycles. The summed E-state index contributed by atoms with van der Waals surface area (Å²) in [6.07, 6.45) is 14.3. The van der Waals surface area contributed by atoms with Gasteiger partial charge >= 0.3 is 5.97 Å². The quantitative estimate of drug-likeness (QED) is 0.108. The van der Waals surface area contributed by atoms with Crippen molar-refractivity contribution >= 4 is 67.8 Å². The molecule has 5 N–H and O–H groups in total. The SMILES string of the molecule is CC1=NN(CCCS)/C2=C/C=C/C=C/C3=[N+](CCCCCC(=O)NC(C(=O)O)CCCCNC(=O)CCC12C)c1ccc(S(=O)(=O)O)cc1C3(C)CCCS(=O)(=O)O. The molecule has 1 aromatic rings. The first-order valence-corrected chi connectivity index (χ1v) is 23.5. The van der Waals surface area contributed by atoms with Crippen molar-refractivity contribution in [1.82, 2.24) is 15.6 Å². The van der Waals surface area contributed by atoms with Crippen molar-refractivity contribution in [3.63, 3.8) is 0 Å². The highest BCUT2D eigenvalue weighted by molar-refractivity contribution is 7.86. The predicted molar refractivity (Wildman–Crippen MR) is 226 cm³/mol. The number of nitrogens with one attached hydrogen (secondary N) is 2. The molecule has 0 saturated carbocycles. The Bertz CT molecular complexity index is 2080. The third kappa shape index (κ3) is 12.3. The van der Waals surface area contributed by atoms with E-state index in [0.29, 0.717) is 75.2 Å². The van der Waals surface area contributed by atoms with Gasteiger partial charge in [0.2, 0.25) is 17.5 Å². The number of hydrogen-bond donors (Lipinski definition) is 6. The van der Waals surface area contributed by atoms with E-state index in [9.17, 15) is 45.4 Å². The molecule has 320 valence electrons. The molecule has 0 radical (unpaired) electrons. The zero-order valence-electron chi connectivity index (χ0n) is 33.5. The number of carbonyl (C=O) groups is 3. The maximum Gasteiger partial charge on any atom is 0.326 e. The van der Waals surface area contributed by atoms with Crippen LogP contribution in [0.3, 0.4) is 0 Å². The largest absolute Gasteiger partial charge is 0.480 e. The van der Waals surface area contributed by atoms with E-state index in [-0.39, 0.29) is 48.8 Å². The summed E-state index contributed by atoms with van der Waals surface area (Å²) in [6, 6.07) is 3.27. The van der Waals surface area contributed by atoms with E-state index >= 15 is 0 Å². The number of hydrazone groups is 1. The second-order valence-electron chi connectivity index (χ2n) is 15.5. The molecule has 3 aliphatic heterocycles. The standard InChI is InChI=1S/C40H57N5O10S3/c1-29-39(2)22-20-36(46)41-23-10-9-14-32(38(48)49)42-37(47)17-8-5-11-24-44-33-19-18-30(58(53,54)55)28-31(33)40(3,21-12-27-57(50,51)52)34(44)15-6-4-7-16-35(39)45(43-29)25-13-26-56/h4,6-7,15-16,18-19,28,32H,5,8-14,17,20-27H2,1-3H3,(H5-,41,42,46,47,48,49,50,51,52,53,54,55,56)/p+1. The normalized spacial score (nSPS) is 26.7. The first-order chi connectivity index (χ1) is 27.3. The van der Waals surface area contributed by atoms with Crippen LogP contribution in [0.1, 0.15) is 103 Å². The van der Waals surface area contributed by atoms with Gasteiger partial charge in [-0.05, 0) is 103 Å². The van der Waals surface area contributed by atoms with E-state index in [0.717, 1.165) is 23.5 Å². The van der Waals surface area contributed by atoms with Gasteiger partial charge in [0.25, 0.3) is 20.2 Å². The van der Waals surface area contributed by atoms with Crippen LogP contribution in [0, 0.1) is 5.41 Å². The van der Waals surface area contributed by atoms with Crippen molar-refractivity contribution in [1.29, 1.82) is 0 Å². The molecule has 3 aliphatic rings. The Labute approximate surface area is 347 Å². The number of nitrogens with zero attached hydrogens (tertiary/aromatic N) is 3. The van der Waals surface area contributed by atoms with Gasteiger partial charge in [0, 0.05) is 66.9 Å². The lowest BCUT2D eigenvalue weighted by atomic mass is 9.76. The van der Waals surface area contributed by atoms with Crippen LogP contribution >= 0.6 is 12.6 Å². The highest BCUT2D eigenvalue weighted by Gasteiger charge is 2.48.